The van der Waals surface area contributed by atoms with Crippen LogP contribution < -0.4 is 0 Å². The van der Waals surface area contributed by atoms with Crippen LogP contribution in [0.4, 0.5) is 0 Å². The molecule has 0 bridgehead atoms. The van der Waals surface area contributed by atoms with Gasteiger partial charge in [-0.25, -0.2) is 0 Å². The maximum atomic E-state index is 2.46. The molecule has 0 radical (unpaired) electrons. The Hall–Kier alpha value is 0. The normalized spacial score (nSPS) is 16.8. The van der Waals surface area contributed by atoms with Crippen LogP contribution in [0.2, 0.25) is 0 Å². The summed E-state index contributed by atoms with van der Waals surface area (Å²) in [5.41, 5.74) is 0. The zero-order valence-electron chi connectivity index (χ0n) is 13.1. The lowest BCUT2D eigenvalue weighted by Crippen LogP contribution is -2.11. The Balaban J connectivity index is 3.46. The highest BCUT2D eigenvalue weighted by Crippen LogP contribution is 2.25. The molecule has 0 aromatic heterocycles. The van der Waals surface area contributed by atoms with Crippen LogP contribution in [-0.2, 0) is 0 Å². The maximum Gasteiger partial charge on any atom is -0.0414 e. The average Bonchev–Trinajstić information content (AvgIpc) is 2.32. The van der Waals surface area contributed by atoms with Crippen molar-refractivity contribution in [3.8, 4) is 0 Å². The van der Waals surface area contributed by atoms with E-state index in [1.54, 1.807) is 0 Å². The predicted octanol–water partition coefficient (Wildman–Crippen LogP) is 6.45. The number of unbranched alkanes of at least 4 members (excludes halogenated alkanes) is 5. The summed E-state index contributed by atoms with van der Waals surface area (Å²) in [7, 11) is 0. The van der Waals surface area contributed by atoms with Gasteiger partial charge < -0.3 is 0 Å². The van der Waals surface area contributed by atoms with E-state index < -0.39 is 0 Å². The molecular formula is C17H36. The van der Waals surface area contributed by atoms with Gasteiger partial charge in [-0.15, -0.1) is 0 Å². The smallest absolute Gasteiger partial charge is 0.0414 e. The van der Waals surface area contributed by atoms with Gasteiger partial charge in [0.15, 0.2) is 0 Å². The third-order valence-electron chi connectivity index (χ3n) is 4.46. The minimum atomic E-state index is 0.914. The first kappa shape index (κ1) is 17.0. The largest absolute Gasteiger partial charge is 0.0654 e. The molecule has 0 aliphatic rings. The van der Waals surface area contributed by atoms with Gasteiger partial charge in [0.25, 0.3) is 0 Å². The van der Waals surface area contributed by atoms with E-state index in [1.165, 1.54) is 57.8 Å². The first-order valence-electron chi connectivity index (χ1n) is 8.11. The third-order valence-corrected chi connectivity index (χ3v) is 4.46. The zero-order valence-corrected chi connectivity index (χ0v) is 13.1. The lowest BCUT2D eigenvalue weighted by molar-refractivity contribution is 0.289. The summed E-state index contributed by atoms with van der Waals surface area (Å²) in [4.78, 5) is 0. The molecule has 3 unspecified atom stereocenters. The van der Waals surface area contributed by atoms with Crippen LogP contribution in [0.5, 0.6) is 0 Å². The van der Waals surface area contributed by atoms with E-state index >= 15 is 0 Å². The lowest BCUT2D eigenvalue weighted by Gasteiger charge is -2.22. The third kappa shape index (κ3) is 9.68. The van der Waals surface area contributed by atoms with Crippen molar-refractivity contribution in [2.24, 2.45) is 17.8 Å². The summed E-state index contributed by atoms with van der Waals surface area (Å²) < 4.78 is 0. The minimum Gasteiger partial charge on any atom is -0.0654 e. The molecule has 0 N–H and O–H groups in total. The predicted molar refractivity (Wildman–Crippen MR) is 80.4 cm³/mol. The minimum absolute atomic E-state index is 0.914. The maximum absolute atomic E-state index is 2.46. The van der Waals surface area contributed by atoms with Gasteiger partial charge in [0, 0.05) is 0 Å². The molecular weight excluding hydrogens is 204 g/mol. The zero-order chi connectivity index (χ0) is 13.1. The molecule has 0 spiro atoms. The Morgan fingerprint density at radius 3 is 1.88 bits per heavy atom. The van der Waals surface area contributed by atoms with Gasteiger partial charge in [0.05, 0.1) is 0 Å². The van der Waals surface area contributed by atoms with Crippen molar-refractivity contribution in [2.75, 3.05) is 0 Å². The van der Waals surface area contributed by atoms with Crippen molar-refractivity contribution in [1.29, 1.82) is 0 Å². The van der Waals surface area contributed by atoms with E-state index in [2.05, 4.69) is 34.6 Å². The van der Waals surface area contributed by atoms with E-state index in [1.807, 2.05) is 0 Å². The van der Waals surface area contributed by atoms with Gasteiger partial charge in [-0.05, 0) is 24.2 Å². The summed E-state index contributed by atoms with van der Waals surface area (Å²) in [5, 5.41) is 0. The van der Waals surface area contributed by atoms with E-state index in [4.69, 9.17) is 0 Å². The van der Waals surface area contributed by atoms with Gasteiger partial charge in [-0.2, -0.15) is 0 Å². The SMILES string of the molecule is CCCCCCCCC(C)C(C)CC(C)CC. The fourth-order valence-corrected chi connectivity index (χ4v) is 2.56. The highest BCUT2D eigenvalue weighted by atomic mass is 14.2. The standard InChI is InChI=1S/C17H36/c1-6-8-9-10-11-12-13-16(4)17(5)14-15(3)7-2/h15-17H,6-14H2,1-5H3. The van der Waals surface area contributed by atoms with Crippen molar-refractivity contribution in [3.63, 3.8) is 0 Å². The molecule has 0 amide bonds. The Morgan fingerprint density at radius 2 is 1.29 bits per heavy atom. The second-order valence-corrected chi connectivity index (χ2v) is 6.26. The molecule has 0 saturated carbocycles. The van der Waals surface area contributed by atoms with Crippen molar-refractivity contribution in [1.82, 2.24) is 0 Å². The van der Waals surface area contributed by atoms with E-state index in [-0.39, 0.29) is 0 Å². The van der Waals surface area contributed by atoms with Crippen LogP contribution in [0.1, 0.15) is 92.4 Å². The topological polar surface area (TPSA) is 0 Å². The van der Waals surface area contributed by atoms with E-state index in [0.29, 0.717) is 0 Å². The summed E-state index contributed by atoms with van der Waals surface area (Å²) in [6, 6.07) is 0. The summed E-state index contributed by atoms with van der Waals surface area (Å²) in [5.74, 6) is 2.76. The van der Waals surface area contributed by atoms with Crippen LogP contribution in [0.15, 0.2) is 0 Å². The fraction of sp³-hybridized carbons (Fsp3) is 1.00. The highest BCUT2D eigenvalue weighted by Gasteiger charge is 2.14. The van der Waals surface area contributed by atoms with Crippen molar-refractivity contribution < 1.29 is 0 Å². The van der Waals surface area contributed by atoms with Crippen LogP contribution >= 0.6 is 0 Å². The molecule has 3 atom stereocenters. The Morgan fingerprint density at radius 1 is 0.706 bits per heavy atom. The molecule has 0 heterocycles. The molecule has 0 heteroatoms. The summed E-state index contributed by atoms with van der Waals surface area (Å²) >= 11 is 0. The van der Waals surface area contributed by atoms with Gasteiger partial charge in [0.1, 0.15) is 0 Å². The Bertz CT molecular complexity index is 150. The molecule has 0 aromatic rings. The molecule has 0 aliphatic carbocycles. The second kappa shape index (κ2) is 11.1. The molecule has 17 heavy (non-hydrogen) atoms. The van der Waals surface area contributed by atoms with Crippen LogP contribution in [0.25, 0.3) is 0 Å². The molecule has 0 aliphatic heterocycles. The number of hydrogen-bond acceptors (Lipinski definition) is 0. The van der Waals surface area contributed by atoms with Crippen molar-refractivity contribution >= 4 is 0 Å². The first-order chi connectivity index (χ1) is 8.11. The van der Waals surface area contributed by atoms with Crippen LogP contribution in [-0.4, -0.2) is 0 Å². The van der Waals surface area contributed by atoms with Gasteiger partial charge in [-0.1, -0.05) is 86.0 Å². The Labute approximate surface area is 111 Å². The number of rotatable bonds is 11. The molecule has 0 fully saturated rings. The summed E-state index contributed by atoms with van der Waals surface area (Å²) in [6.45, 7) is 11.9. The fourth-order valence-electron chi connectivity index (χ4n) is 2.56. The van der Waals surface area contributed by atoms with Gasteiger partial charge in [-0.3, -0.25) is 0 Å². The Kier molecular flexibility index (Phi) is 11.1. The van der Waals surface area contributed by atoms with Gasteiger partial charge >= 0.3 is 0 Å². The summed E-state index contributed by atoms with van der Waals surface area (Å²) in [6.07, 6.45) is 12.8. The van der Waals surface area contributed by atoms with E-state index in [0.717, 1.165) is 17.8 Å². The molecule has 0 rings (SSSR count). The monoisotopic (exact) mass is 240 g/mol. The van der Waals surface area contributed by atoms with Crippen molar-refractivity contribution in [2.45, 2.75) is 92.4 Å². The first-order valence-corrected chi connectivity index (χ1v) is 8.11. The second-order valence-electron chi connectivity index (χ2n) is 6.26. The highest BCUT2D eigenvalue weighted by molar-refractivity contribution is 4.65. The number of hydrogen-bond donors (Lipinski definition) is 0. The molecule has 0 saturated heterocycles. The molecule has 104 valence electrons. The van der Waals surface area contributed by atoms with Gasteiger partial charge in [0.2, 0.25) is 0 Å². The van der Waals surface area contributed by atoms with E-state index in [9.17, 15) is 0 Å². The molecule has 0 nitrogen and oxygen atoms in total. The van der Waals surface area contributed by atoms with Crippen molar-refractivity contribution in [3.05, 3.63) is 0 Å². The average molecular weight is 240 g/mol. The van der Waals surface area contributed by atoms with Crippen LogP contribution in [0, 0.1) is 17.8 Å². The molecule has 0 aromatic carbocycles. The lowest BCUT2D eigenvalue weighted by atomic mass is 9.84. The van der Waals surface area contributed by atoms with Crippen LogP contribution in [0.3, 0.4) is 0 Å². The quantitative estimate of drug-likeness (QED) is 0.364.